The van der Waals surface area contributed by atoms with Crippen molar-refractivity contribution in [1.29, 1.82) is 0 Å². The molecule has 0 amide bonds. The molecule has 5 nitrogen and oxygen atoms in total. The second kappa shape index (κ2) is 9.26. The molecule has 3 N–H and O–H groups in total. The van der Waals surface area contributed by atoms with Crippen LogP contribution in [0.2, 0.25) is 0 Å². The van der Waals surface area contributed by atoms with Crippen LogP contribution in [-0.2, 0) is 0 Å². The summed E-state index contributed by atoms with van der Waals surface area (Å²) in [5, 5.41) is 14.8. The van der Waals surface area contributed by atoms with Crippen LogP contribution in [0.25, 0.3) is 0 Å². The lowest BCUT2D eigenvalue weighted by molar-refractivity contribution is 0.128. The van der Waals surface area contributed by atoms with Gasteiger partial charge in [-0.3, -0.25) is 4.99 Å². The number of hydrogen-bond acceptors (Lipinski definition) is 3. The Morgan fingerprint density at radius 2 is 2.27 bits per heavy atom. The van der Waals surface area contributed by atoms with Gasteiger partial charge in [0.05, 0.1) is 0 Å². The molecule has 0 saturated carbocycles. The highest BCUT2D eigenvalue weighted by molar-refractivity contribution is 5.80. The smallest absolute Gasteiger partial charge is 0.195 e. The molecule has 0 spiro atoms. The first-order chi connectivity index (χ1) is 7.20. The molecule has 0 aromatic carbocycles. The van der Waals surface area contributed by atoms with Crippen LogP contribution < -0.4 is 10.6 Å². The molecule has 0 aromatic heterocycles. The molecule has 0 saturated heterocycles. The number of unbranched alkanes of at least 4 members (excludes halogenated alkanes) is 1. The number of nitrogens with one attached hydrogen (secondary N) is 2. The molecule has 6 heteroatoms. The summed E-state index contributed by atoms with van der Waals surface area (Å²) in [6.45, 7) is 0.916. The fourth-order valence-electron chi connectivity index (χ4n) is 0.857. The van der Waals surface area contributed by atoms with Crippen LogP contribution in [0.3, 0.4) is 0 Å². The molecule has 0 heterocycles. The lowest BCUT2D eigenvalue weighted by Gasteiger charge is -2.08. The van der Waals surface area contributed by atoms with E-state index >= 15 is 0 Å². The summed E-state index contributed by atoms with van der Waals surface area (Å²) in [6.07, 6.45) is 4.30. The number of aliphatic hydroxyl groups excluding tert-OH is 1. The first-order valence-corrected chi connectivity index (χ1v) is 4.84. The summed E-state index contributed by atoms with van der Waals surface area (Å²) >= 11 is 0. The zero-order valence-electron chi connectivity index (χ0n) is 9.20. The number of guanidine groups is 1. The molecule has 0 rings (SSSR count). The summed E-state index contributed by atoms with van der Waals surface area (Å²) in [7, 11) is 2.92. The molecule has 88 valence electrons. The lowest BCUT2D eigenvalue weighted by Crippen LogP contribution is -2.34. The third kappa shape index (κ3) is 9.01. The van der Waals surface area contributed by atoms with Gasteiger partial charge in [0.1, 0.15) is 0 Å². The van der Waals surface area contributed by atoms with Crippen LogP contribution in [0.5, 0.6) is 0 Å². The molecule has 0 aliphatic rings. The van der Waals surface area contributed by atoms with Crippen LogP contribution in [0.4, 0.5) is 4.48 Å². The monoisotopic (exact) mass is 218 g/mol. The SMILES string of the molecule is C/N=C(\N/C=C\N(C)F)NCCCCO. The molecule has 0 bridgehead atoms. The van der Waals surface area contributed by atoms with Gasteiger partial charge in [-0.25, -0.2) is 5.12 Å². The summed E-state index contributed by atoms with van der Waals surface area (Å²) in [6, 6.07) is 0. The number of rotatable bonds is 6. The Labute approximate surface area is 89.6 Å². The normalized spacial score (nSPS) is 11.9. The van der Waals surface area contributed by atoms with Crippen molar-refractivity contribution in [2.24, 2.45) is 4.99 Å². The number of aliphatic hydroxyl groups is 1. The van der Waals surface area contributed by atoms with E-state index < -0.39 is 0 Å². The minimum absolute atomic E-state index is 0.195. The van der Waals surface area contributed by atoms with Crippen LogP contribution >= 0.6 is 0 Å². The Hall–Kier alpha value is -1.30. The second-order valence-electron chi connectivity index (χ2n) is 2.91. The Morgan fingerprint density at radius 3 is 2.80 bits per heavy atom. The quantitative estimate of drug-likeness (QED) is 0.258. The van der Waals surface area contributed by atoms with Gasteiger partial charge < -0.3 is 15.7 Å². The third-order valence-corrected chi connectivity index (χ3v) is 1.60. The Balaban J connectivity index is 3.65. The highest BCUT2D eigenvalue weighted by Gasteiger charge is 1.93. The Morgan fingerprint density at radius 1 is 1.53 bits per heavy atom. The van der Waals surface area contributed by atoms with Gasteiger partial charge in [0.25, 0.3) is 0 Å². The molecule has 0 radical (unpaired) electrons. The van der Waals surface area contributed by atoms with Crippen molar-refractivity contribution < 1.29 is 9.59 Å². The van der Waals surface area contributed by atoms with Crippen molar-refractivity contribution in [1.82, 2.24) is 15.8 Å². The van der Waals surface area contributed by atoms with Gasteiger partial charge in [-0.05, 0) is 12.8 Å². The Bertz CT molecular complexity index is 206. The summed E-state index contributed by atoms with van der Waals surface area (Å²) in [4.78, 5) is 3.92. The van der Waals surface area contributed by atoms with E-state index in [0.717, 1.165) is 19.4 Å². The van der Waals surface area contributed by atoms with Crippen molar-refractivity contribution in [3.05, 3.63) is 12.4 Å². The van der Waals surface area contributed by atoms with E-state index in [1.54, 1.807) is 7.05 Å². The molecular weight excluding hydrogens is 199 g/mol. The first kappa shape index (κ1) is 13.7. The minimum Gasteiger partial charge on any atom is -0.396 e. The van der Waals surface area contributed by atoms with E-state index in [-0.39, 0.29) is 6.61 Å². The van der Waals surface area contributed by atoms with Gasteiger partial charge in [0.2, 0.25) is 0 Å². The molecule has 0 unspecified atom stereocenters. The van der Waals surface area contributed by atoms with E-state index in [9.17, 15) is 4.48 Å². The number of hydrogen-bond donors (Lipinski definition) is 3. The van der Waals surface area contributed by atoms with Crippen molar-refractivity contribution in [2.45, 2.75) is 12.8 Å². The van der Waals surface area contributed by atoms with E-state index in [0.29, 0.717) is 11.1 Å². The van der Waals surface area contributed by atoms with Gasteiger partial charge in [0.15, 0.2) is 5.96 Å². The van der Waals surface area contributed by atoms with E-state index in [4.69, 9.17) is 5.11 Å². The minimum atomic E-state index is 0.195. The van der Waals surface area contributed by atoms with Crippen LogP contribution in [-0.4, -0.2) is 43.4 Å². The largest absolute Gasteiger partial charge is 0.396 e. The van der Waals surface area contributed by atoms with Crippen LogP contribution in [0.1, 0.15) is 12.8 Å². The maximum absolute atomic E-state index is 12.2. The Kier molecular flexibility index (Phi) is 8.46. The zero-order chi connectivity index (χ0) is 11.5. The van der Waals surface area contributed by atoms with Crippen LogP contribution in [0.15, 0.2) is 17.4 Å². The molecule has 0 aliphatic heterocycles. The molecule has 0 aromatic rings. The van der Waals surface area contributed by atoms with Gasteiger partial charge in [-0.15, -0.1) is 4.48 Å². The fraction of sp³-hybridized carbons (Fsp3) is 0.667. The molecular formula is C9H19FN4O. The van der Waals surface area contributed by atoms with E-state index in [1.807, 2.05) is 0 Å². The molecule has 0 aliphatic carbocycles. The first-order valence-electron chi connectivity index (χ1n) is 4.84. The van der Waals surface area contributed by atoms with E-state index in [2.05, 4.69) is 15.6 Å². The maximum atomic E-state index is 12.2. The molecule has 0 atom stereocenters. The van der Waals surface area contributed by atoms with Crippen molar-refractivity contribution in [3.8, 4) is 0 Å². The van der Waals surface area contributed by atoms with E-state index in [1.165, 1.54) is 19.4 Å². The van der Waals surface area contributed by atoms with Crippen molar-refractivity contribution in [2.75, 3.05) is 27.2 Å². The zero-order valence-corrected chi connectivity index (χ0v) is 9.20. The fourth-order valence-corrected chi connectivity index (χ4v) is 0.857. The van der Waals surface area contributed by atoms with Gasteiger partial charge in [-0.1, -0.05) is 0 Å². The van der Waals surface area contributed by atoms with Crippen molar-refractivity contribution in [3.63, 3.8) is 0 Å². The highest BCUT2D eigenvalue weighted by Crippen LogP contribution is 1.84. The molecule has 15 heavy (non-hydrogen) atoms. The van der Waals surface area contributed by atoms with Gasteiger partial charge in [-0.2, -0.15) is 0 Å². The van der Waals surface area contributed by atoms with Crippen LogP contribution in [0, 0.1) is 0 Å². The predicted molar refractivity (Wildman–Crippen MR) is 58.8 cm³/mol. The third-order valence-electron chi connectivity index (χ3n) is 1.60. The standard InChI is InChI=1S/C9H19FN4O/c1-11-9(12-5-3-4-8-15)13-6-7-14(2)10/h6-7,15H,3-5,8H2,1-2H3,(H2,11,12,13)/b7-6-. The topological polar surface area (TPSA) is 59.9 Å². The maximum Gasteiger partial charge on any atom is 0.195 e. The van der Waals surface area contributed by atoms with Gasteiger partial charge >= 0.3 is 0 Å². The molecule has 0 fully saturated rings. The lowest BCUT2D eigenvalue weighted by atomic mass is 10.3. The number of halogens is 1. The predicted octanol–water partition coefficient (Wildman–Crippen LogP) is 0.211. The average Bonchev–Trinajstić information content (AvgIpc) is 2.21. The second-order valence-corrected chi connectivity index (χ2v) is 2.91. The average molecular weight is 218 g/mol. The summed E-state index contributed by atoms with van der Waals surface area (Å²) < 4.78 is 12.2. The summed E-state index contributed by atoms with van der Waals surface area (Å²) in [5.41, 5.74) is 0. The van der Waals surface area contributed by atoms with Gasteiger partial charge in [0, 0.05) is 39.6 Å². The number of nitrogens with zero attached hydrogens (tertiary/aromatic N) is 2. The number of aliphatic imine (C=N–C) groups is 1. The van der Waals surface area contributed by atoms with Crippen molar-refractivity contribution >= 4 is 5.96 Å². The summed E-state index contributed by atoms with van der Waals surface area (Å²) in [5.74, 6) is 0.575. The highest BCUT2D eigenvalue weighted by atomic mass is 19.2.